The Balaban J connectivity index is 2.21. The lowest BCUT2D eigenvalue weighted by Crippen LogP contribution is -1.86. The zero-order valence-corrected chi connectivity index (χ0v) is 7.84. The molecule has 2 rings (SSSR count). The van der Waals surface area contributed by atoms with Crippen LogP contribution in [0.15, 0.2) is 10.2 Å². The molecule has 11 heavy (non-hydrogen) atoms. The molecule has 0 bridgehead atoms. The van der Waals surface area contributed by atoms with E-state index >= 15 is 0 Å². The van der Waals surface area contributed by atoms with Crippen molar-refractivity contribution < 1.29 is 0 Å². The van der Waals surface area contributed by atoms with Crippen molar-refractivity contribution in [2.75, 3.05) is 0 Å². The fraction of sp³-hybridized carbons (Fsp3) is 0.625. The zero-order valence-electron chi connectivity index (χ0n) is 6.21. The monoisotopic (exact) mass is 186 g/mol. The zero-order chi connectivity index (χ0) is 7.68. The lowest BCUT2D eigenvalue weighted by Gasteiger charge is -2.02. The minimum atomic E-state index is 0.256. The molecule has 0 saturated heterocycles. The highest BCUT2D eigenvalue weighted by Crippen LogP contribution is 2.35. The Labute approximate surface area is 73.7 Å². The summed E-state index contributed by atoms with van der Waals surface area (Å²) in [6.45, 7) is 0. The molecule has 60 valence electrons. The van der Waals surface area contributed by atoms with E-state index in [4.69, 9.17) is 0 Å². The summed E-state index contributed by atoms with van der Waals surface area (Å²) in [6.07, 6.45) is 5.29. The molecule has 0 aliphatic heterocycles. The quantitative estimate of drug-likeness (QED) is 0.659. The maximum atomic E-state index is 10.9. The molecule has 0 spiro atoms. The van der Waals surface area contributed by atoms with Crippen LogP contribution in [0.4, 0.5) is 0 Å². The molecule has 1 saturated carbocycles. The molecular weight excluding hydrogens is 176 g/mol. The van der Waals surface area contributed by atoms with Gasteiger partial charge < -0.3 is 0 Å². The third kappa shape index (κ3) is 1.54. The van der Waals surface area contributed by atoms with Gasteiger partial charge in [-0.25, -0.2) is 0 Å². The van der Waals surface area contributed by atoms with Crippen molar-refractivity contribution in [3.05, 3.63) is 19.1 Å². The minimum Gasteiger partial charge on any atom is -0.265 e. The predicted molar refractivity (Wildman–Crippen MR) is 49.7 cm³/mol. The molecule has 1 fully saturated rings. The molecule has 0 unspecified atom stereocenters. The van der Waals surface area contributed by atoms with E-state index in [1.54, 1.807) is 0 Å². The van der Waals surface area contributed by atoms with Gasteiger partial charge in [-0.2, -0.15) is 0 Å². The van der Waals surface area contributed by atoms with E-state index in [1.165, 1.54) is 53.2 Å². The van der Waals surface area contributed by atoms with Crippen LogP contribution in [-0.4, -0.2) is 0 Å². The summed E-state index contributed by atoms with van der Waals surface area (Å²) >= 11 is 2.80. The Bertz CT molecular complexity index is 280. The SMILES string of the molecule is O=c1scc(C2CCCC2)s1. The van der Waals surface area contributed by atoms with Gasteiger partial charge in [0, 0.05) is 10.3 Å². The van der Waals surface area contributed by atoms with Gasteiger partial charge in [0.25, 0.3) is 4.06 Å². The Morgan fingerprint density at radius 3 is 2.64 bits per heavy atom. The molecule has 1 aliphatic carbocycles. The van der Waals surface area contributed by atoms with Crippen molar-refractivity contribution in [3.8, 4) is 0 Å². The Hall–Kier alpha value is -0.150. The van der Waals surface area contributed by atoms with Crippen LogP contribution in [0.25, 0.3) is 0 Å². The van der Waals surface area contributed by atoms with Crippen molar-refractivity contribution in [1.82, 2.24) is 0 Å². The molecule has 0 aromatic carbocycles. The smallest absolute Gasteiger partial charge is 0.265 e. The van der Waals surface area contributed by atoms with Gasteiger partial charge in [-0.05, 0) is 18.8 Å². The molecule has 0 radical (unpaired) electrons. The van der Waals surface area contributed by atoms with E-state index in [2.05, 4.69) is 0 Å². The first-order valence-electron chi connectivity index (χ1n) is 3.95. The molecule has 1 aromatic heterocycles. The van der Waals surface area contributed by atoms with Crippen LogP contribution in [0.5, 0.6) is 0 Å². The van der Waals surface area contributed by atoms with E-state index in [0.717, 1.165) is 5.92 Å². The van der Waals surface area contributed by atoms with Gasteiger partial charge in [0.1, 0.15) is 0 Å². The van der Waals surface area contributed by atoms with Crippen LogP contribution in [0, 0.1) is 0 Å². The molecule has 0 atom stereocenters. The summed E-state index contributed by atoms with van der Waals surface area (Å²) in [5.74, 6) is 0.721. The van der Waals surface area contributed by atoms with E-state index < -0.39 is 0 Å². The molecule has 0 N–H and O–H groups in total. The van der Waals surface area contributed by atoms with Crippen LogP contribution >= 0.6 is 22.7 Å². The van der Waals surface area contributed by atoms with Crippen LogP contribution < -0.4 is 4.06 Å². The van der Waals surface area contributed by atoms with Crippen LogP contribution in [0.3, 0.4) is 0 Å². The highest BCUT2D eigenvalue weighted by molar-refractivity contribution is 7.26. The first kappa shape index (κ1) is 7.50. The van der Waals surface area contributed by atoms with Gasteiger partial charge in [-0.15, -0.1) is 0 Å². The van der Waals surface area contributed by atoms with Crippen molar-refractivity contribution in [1.29, 1.82) is 0 Å². The molecule has 3 heteroatoms. The number of hydrogen-bond acceptors (Lipinski definition) is 3. The van der Waals surface area contributed by atoms with E-state index in [0.29, 0.717) is 0 Å². The predicted octanol–water partition coefficient (Wildman–Crippen LogP) is 2.83. The minimum absolute atomic E-state index is 0.256. The van der Waals surface area contributed by atoms with E-state index in [9.17, 15) is 4.79 Å². The highest BCUT2D eigenvalue weighted by atomic mass is 32.2. The molecule has 1 aliphatic rings. The molecule has 1 aromatic rings. The van der Waals surface area contributed by atoms with Crippen LogP contribution in [0.2, 0.25) is 0 Å². The largest absolute Gasteiger partial charge is 0.287 e. The second-order valence-corrected chi connectivity index (χ2v) is 5.12. The lowest BCUT2D eigenvalue weighted by molar-refractivity contribution is 0.739. The van der Waals surface area contributed by atoms with Crippen molar-refractivity contribution >= 4 is 22.7 Å². The third-order valence-corrected chi connectivity index (χ3v) is 4.34. The third-order valence-electron chi connectivity index (χ3n) is 2.23. The molecule has 1 nitrogen and oxygen atoms in total. The fourth-order valence-electron chi connectivity index (χ4n) is 1.64. The topological polar surface area (TPSA) is 17.1 Å². The average Bonchev–Trinajstić information content (AvgIpc) is 2.55. The average molecular weight is 186 g/mol. The second kappa shape index (κ2) is 3.07. The fourth-order valence-corrected chi connectivity index (χ4v) is 3.60. The Morgan fingerprint density at radius 1 is 1.36 bits per heavy atom. The number of rotatable bonds is 1. The van der Waals surface area contributed by atoms with Crippen molar-refractivity contribution in [3.63, 3.8) is 0 Å². The summed E-state index contributed by atoms with van der Waals surface area (Å²) in [5, 5.41) is 2.04. The summed E-state index contributed by atoms with van der Waals surface area (Å²) in [6, 6.07) is 0. The lowest BCUT2D eigenvalue weighted by atomic mass is 10.1. The highest BCUT2D eigenvalue weighted by Gasteiger charge is 2.18. The first-order chi connectivity index (χ1) is 5.36. The summed E-state index contributed by atoms with van der Waals surface area (Å²) in [7, 11) is 0. The molecular formula is C8H10OS2. The van der Waals surface area contributed by atoms with Gasteiger partial charge in [0.15, 0.2) is 0 Å². The standard InChI is InChI=1S/C8H10OS2/c9-8-10-5-7(11-8)6-3-1-2-4-6/h5-6H,1-4H2. The molecule has 0 amide bonds. The normalized spacial score (nSPS) is 19.3. The van der Waals surface area contributed by atoms with Crippen LogP contribution in [-0.2, 0) is 0 Å². The summed E-state index contributed by atoms with van der Waals surface area (Å²) in [4.78, 5) is 12.2. The second-order valence-electron chi connectivity index (χ2n) is 2.97. The first-order valence-corrected chi connectivity index (χ1v) is 5.64. The Morgan fingerprint density at radius 2 is 2.09 bits per heavy atom. The van der Waals surface area contributed by atoms with Crippen LogP contribution in [0.1, 0.15) is 36.5 Å². The maximum absolute atomic E-state index is 10.9. The Kier molecular flexibility index (Phi) is 2.09. The van der Waals surface area contributed by atoms with Gasteiger partial charge in [0.05, 0.1) is 0 Å². The maximum Gasteiger partial charge on any atom is 0.287 e. The van der Waals surface area contributed by atoms with Gasteiger partial charge in [-0.3, -0.25) is 4.79 Å². The number of hydrogen-bond donors (Lipinski definition) is 0. The van der Waals surface area contributed by atoms with E-state index in [-0.39, 0.29) is 4.06 Å². The van der Waals surface area contributed by atoms with Gasteiger partial charge >= 0.3 is 0 Å². The summed E-state index contributed by atoms with van der Waals surface area (Å²) in [5.41, 5.74) is 0. The summed E-state index contributed by atoms with van der Waals surface area (Å²) < 4.78 is 0.256. The van der Waals surface area contributed by atoms with Gasteiger partial charge in [-0.1, -0.05) is 35.5 Å². The van der Waals surface area contributed by atoms with Crippen molar-refractivity contribution in [2.45, 2.75) is 31.6 Å². The molecule has 1 heterocycles. The van der Waals surface area contributed by atoms with Crippen molar-refractivity contribution in [2.24, 2.45) is 0 Å². The van der Waals surface area contributed by atoms with Gasteiger partial charge in [0.2, 0.25) is 0 Å². The van der Waals surface area contributed by atoms with E-state index in [1.807, 2.05) is 5.38 Å².